The lowest BCUT2D eigenvalue weighted by Gasteiger charge is -2.25. The summed E-state index contributed by atoms with van der Waals surface area (Å²) >= 11 is 0. The third-order valence-corrected chi connectivity index (χ3v) is 6.41. The first kappa shape index (κ1) is 18.2. The van der Waals surface area contributed by atoms with Crippen molar-refractivity contribution in [1.82, 2.24) is 5.32 Å². The smallest absolute Gasteiger partial charge is 0.227 e. The van der Waals surface area contributed by atoms with E-state index in [2.05, 4.69) is 23.5 Å². The molecule has 2 aromatic rings. The van der Waals surface area contributed by atoms with E-state index in [1.165, 1.54) is 23.1 Å². The molecule has 2 heterocycles. The molecule has 0 aromatic heterocycles. The summed E-state index contributed by atoms with van der Waals surface area (Å²) in [5.74, 6) is 0.937. The summed E-state index contributed by atoms with van der Waals surface area (Å²) in [6.07, 6.45) is 4.59. The van der Waals surface area contributed by atoms with E-state index in [1.54, 1.807) is 4.90 Å². The molecular formula is C24H26N2O3. The van der Waals surface area contributed by atoms with Crippen LogP contribution in [0.2, 0.25) is 0 Å². The van der Waals surface area contributed by atoms with Gasteiger partial charge in [-0.05, 0) is 60.6 Å². The Morgan fingerprint density at radius 1 is 1.07 bits per heavy atom. The molecule has 2 unspecified atom stereocenters. The molecule has 29 heavy (non-hydrogen) atoms. The Labute approximate surface area is 171 Å². The summed E-state index contributed by atoms with van der Waals surface area (Å²) in [4.78, 5) is 27.1. The van der Waals surface area contributed by atoms with Gasteiger partial charge in [0.05, 0.1) is 12.5 Å². The first-order valence-corrected chi connectivity index (χ1v) is 10.6. The maximum absolute atomic E-state index is 12.7. The lowest BCUT2D eigenvalue weighted by molar-refractivity contribution is -0.126. The van der Waals surface area contributed by atoms with E-state index in [0.29, 0.717) is 19.7 Å². The van der Waals surface area contributed by atoms with Gasteiger partial charge in [-0.1, -0.05) is 24.3 Å². The number of aryl methyl sites for hydroxylation is 2. The summed E-state index contributed by atoms with van der Waals surface area (Å²) in [7, 11) is 0. The van der Waals surface area contributed by atoms with Crippen molar-refractivity contribution in [3.05, 3.63) is 59.2 Å². The topological polar surface area (TPSA) is 58.6 Å². The van der Waals surface area contributed by atoms with Gasteiger partial charge in [-0.2, -0.15) is 0 Å². The molecule has 2 aliphatic heterocycles. The average Bonchev–Trinajstić information content (AvgIpc) is 3.37. The number of nitrogens with one attached hydrogen (secondary N) is 1. The van der Waals surface area contributed by atoms with Crippen LogP contribution in [0.15, 0.2) is 42.5 Å². The first-order chi connectivity index (χ1) is 14.2. The molecule has 3 aliphatic rings. The Kier molecular flexibility index (Phi) is 4.74. The number of ether oxygens (including phenoxy) is 1. The highest BCUT2D eigenvalue weighted by Gasteiger charge is 2.35. The average molecular weight is 390 g/mol. The van der Waals surface area contributed by atoms with E-state index < -0.39 is 0 Å². The van der Waals surface area contributed by atoms with Crippen molar-refractivity contribution in [2.75, 3.05) is 24.6 Å². The SMILES string of the molecule is O=C(NCC1COc2ccccc2C1)C1CC(=O)N(c2ccc3c(c2)CCC3)C1. The molecular weight excluding hydrogens is 364 g/mol. The molecule has 2 atom stereocenters. The quantitative estimate of drug-likeness (QED) is 0.873. The minimum Gasteiger partial charge on any atom is -0.493 e. The summed E-state index contributed by atoms with van der Waals surface area (Å²) < 4.78 is 5.81. The molecule has 5 rings (SSSR count). The predicted molar refractivity (Wildman–Crippen MR) is 111 cm³/mol. The van der Waals surface area contributed by atoms with Gasteiger partial charge in [-0.3, -0.25) is 9.59 Å². The van der Waals surface area contributed by atoms with Crippen LogP contribution in [0.1, 0.15) is 29.5 Å². The van der Waals surface area contributed by atoms with Gasteiger partial charge >= 0.3 is 0 Å². The molecule has 1 saturated heterocycles. The summed E-state index contributed by atoms with van der Waals surface area (Å²) in [5.41, 5.74) is 4.87. The minimum atomic E-state index is -0.285. The fourth-order valence-electron chi connectivity index (χ4n) is 4.77. The Morgan fingerprint density at radius 3 is 2.86 bits per heavy atom. The number of fused-ring (bicyclic) bond motifs is 2. The number of para-hydroxylation sites is 1. The van der Waals surface area contributed by atoms with Crippen molar-refractivity contribution in [2.45, 2.75) is 32.1 Å². The van der Waals surface area contributed by atoms with Gasteiger partial charge in [0.1, 0.15) is 5.75 Å². The number of nitrogens with zero attached hydrogens (tertiary/aromatic N) is 1. The van der Waals surface area contributed by atoms with Crippen molar-refractivity contribution >= 4 is 17.5 Å². The van der Waals surface area contributed by atoms with E-state index in [0.717, 1.165) is 30.7 Å². The zero-order valence-electron chi connectivity index (χ0n) is 16.5. The number of anilines is 1. The second kappa shape index (κ2) is 7.54. The molecule has 2 amide bonds. The standard InChI is InChI=1S/C24H26N2O3/c27-23-12-20(14-26(23)21-9-8-17-5-3-6-18(17)11-21)24(28)25-13-16-10-19-4-1-2-7-22(19)29-15-16/h1-2,4,7-9,11,16,20H,3,5-6,10,12-15H2,(H,25,28). The molecule has 1 N–H and O–H groups in total. The molecule has 1 fully saturated rings. The molecule has 1 aliphatic carbocycles. The fraction of sp³-hybridized carbons (Fsp3) is 0.417. The highest BCUT2D eigenvalue weighted by atomic mass is 16.5. The summed E-state index contributed by atoms with van der Waals surface area (Å²) in [5, 5.41) is 3.06. The van der Waals surface area contributed by atoms with E-state index in [-0.39, 0.29) is 30.1 Å². The molecule has 0 spiro atoms. The van der Waals surface area contributed by atoms with Crippen LogP contribution in [0, 0.1) is 11.8 Å². The number of carbonyl (C=O) groups excluding carboxylic acids is 2. The monoisotopic (exact) mass is 390 g/mol. The van der Waals surface area contributed by atoms with Gasteiger partial charge < -0.3 is 15.0 Å². The summed E-state index contributed by atoms with van der Waals surface area (Å²) in [6.45, 7) is 1.66. The van der Waals surface area contributed by atoms with E-state index in [4.69, 9.17) is 4.74 Å². The van der Waals surface area contributed by atoms with Crippen LogP contribution in [-0.4, -0.2) is 31.5 Å². The Morgan fingerprint density at radius 2 is 1.93 bits per heavy atom. The van der Waals surface area contributed by atoms with E-state index >= 15 is 0 Å². The highest BCUT2D eigenvalue weighted by Crippen LogP contribution is 2.31. The number of hydrogen-bond donors (Lipinski definition) is 1. The Balaban J connectivity index is 1.18. The van der Waals surface area contributed by atoms with Crippen molar-refractivity contribution in [3.8, 4) is 5.75 Å². The normalized spacial score (nSPS) is 22.8. The molecule has 5 heteroatoms. The van der Waals surface area contributed by atoms with Crippen LogP contribution in [0.4, 0.5) is 5.69 Å². The second-order valence-electron chi connectivity index (χ2n) is 8.45. The Bertz CT molecular complexity index is 955. The second-order valence-corrected chi connectivity index (χ2v) is 8.45. The zero-order valence-corrected chi connectivity index (χ0v) is 16.5. The fourth-order valence-corrected chi connectivity index (χ4v) is 4.77. The molecule has 0 bridgehead atoms. The maximum atomic E-state index is 12.7. The molecule has 150 valence electrons. The zero-order chi connectivity index (χ0) is 19.8. The van der Waals surface area contributed by atoms with Crippen molar-refractivity contribution in [2.24, 2.45) is 11.8 Å². The number of rotatable bonds is 4. The number of carbonyl (C=O) groups is 2. The minimum absolute atomic E-state index is 0.0270. The maximum Gasteiger partial charge on any atom is 0.227 e. The van der Waals surface area contributed by atoms with Gasteiger partial charge in [0, 0.05) is 31.1 Å². The Hall–Kier alpha value is -2.82. The van der Waals surface area contributed by atoms with Gasteiger partial charge in [0.2, 0.25) is 11.8 Å². The third kappa shape index (κ3) is 3.61. The number of hydrogen-bond acceptors (Lipinski definition) is 3. The van der Waals surface area contributed by atoms with Gasteiger partial charge in [-0.15, -0.1) is 0 Å². The summed E-state index contributed by atoms with van der Waals surface area (Å²) in [6, 6.07) is 14.4. The molecule has 5 nitrogen and oxygen atoms in total. The van der Waals surface area contributed by atoms with Crippen LogP contribution in [0.25, 0.3) is 0 Å². The van der Waals surface area contributed by atoms with Gasteiger partial charge in [0.25, 0.3) is 0 Å². The van der Waals surface area contributed by atoms with Crippen LogP contribution in [-0.2, 0) is 28.9 Å². The van der Waals surface area contributed by atoms with Crippen molar-refractivity contribution < 1.29 is 14.3 Å². The highest BCUT2D eigenvalue weighted by molar-refractivity contribution is 6.00. The van der Waals surface area contributed by atoms with Crippen LogP contribution in [0.5, 0.6) is 5.75 Å². The van der Waals surface area contributed by atoms with Crippen molar-refractivity contribution in [3.63, 3.8) is 0 Å². The third-order valence-electron chi connectivity index (χ3n) is 6.41. The molecule has 0 saturated carbocycles. The van der Waals surface area contributed by atoms with Crippen LogP contribution >= 0.6 is 0 Å². The van der Waals surface area contributed by atoms with Gasteiger partial charge in [-0.25, -0.2) is 0 Å². The molecule has 2 aromatic carbocycles. The first-order valence-electron chi connectivity index (χ1n) is 10.6. The molecule has 0 radical (unpaired) electrons. The number of benzene rings is 2. The van der Waals surface area contributed by atoms with Crippen LogP contribution < -0.4 is 15.0 Å². The van der Waals surface area contributed by atoms with E-state index in [1.807, 2.05) is 24.3 Å². The van der Waals surface area contributed by atoms with Crippen LogP contribution in [0.3, 0.4) is 0 Å². The number of amides is 2. The predicted octanol–water partition coefficient (Wildman–Crippen LogP) is 2.90. The largest absolute Gasteiger partial charge is 0.493 e. The van der Waals surface area contributed by atoms with Crippen molar-refractivity contribution in [1.29, 1.82) is 0 Å². The lowest BCUT2D eigenvalue weighted by atomic mass is 9.96. The lowest BCUT2D eigenvalue weighted by Crippen LogP contribution is -2.38. The van der Waals surface area contributed by atoms with Gasteiger partial charge in [0.15, 0.2) is 0 Å². The van der Waals surface area contributed by atoms with E-state index in [9.17, 15) is 9.59 Å².